The molecule has 0 bridgehead atoms. The van der Waals surface area contributed by atoms with Crippen LogP contribution in [-0.2, 0) is 9.59 Å². The maximum absolute atomic E-state index is 11.9. The maximum Gasteiger partial charge on any atom is 0.315 e. The zero-order valence-electron chi connectivity index (χ0n) is 12.0. The number of nitrogens with one attached hydrogen (secondary N) is 3. The Morgan fingerprint density at radius 1 is 1.19 bits per heavy atom. The summed E-state index contributed by atoms with van der Waals surface area (Å²) in [5.41, 5.74) is -0.645. The smallest absolute Gasteiger partial charge is 0.315 e. The first-order chi connectivity index (χ1) is 10.0. The molecule has 8 nitrogen and oxygen atoms in total. The van der Waals surface area contributed by atoms with Gasteiger partial charge in [-0.25, -0.2) is 4.79 Å². The summed E-state index contributed by atoms with van der Waals surface area (Å²) in [6, 6.07) is -0.473. The lowest BCUT2D eigenvalue weighted by Crippen LogP contribution is -2.58. The summed E-state index contributed by atoms with van der Waals surface area (Å²) >= 11 is 0. The molecule has 0 aromatic rings. The average Bonchev–Trinajstić information content (AvgIpc) is 2.43. The number of carbonyl (C=O) groups is 3. The van der Waals surface area contributed by atoms with Crippen molar-refractivity contribution < 1.29 is 19.5 Å². The van der Waals surface area contributed by atoms with E-state index in [-0.39, 0.29) is 18.9 Å². The minimum atomic E-state index is -0.924. The zero-order valence-corrected chi connectivity index (χ0v) is 12.0. The predicted octanol–water partition coefficient (Wildman–Crippen LogP) is -0.885. The van der Waals surface area contributed by atoms with Gasteiger partial charge in [0.1, 0.15) is 0 Å². The molecule has 8 heteroatoms. The number of nitrogens with zero attached hydrogens (tertiary/aromatic N) is 1. The fraction of sp³-hybridized carbons (Fsp3) is 0.769. The largest absolute Gasteiger partial charge is 0.481 e. The molecule has 2 aliphatic rings. The van der Waals surface area contributed by atoms with Crippen molar-refractivity contribution in [2.45, 2.75) is 31.2 Å². The van der Waals surface area contributed by atoms with Crippen LogP contribution in [-0.4, -0.2) is 66.2 Å². The van der Waals surface area contributed by atoms with Crippen molar-refractivity contribution in [3.8, 4) is 0 Å². The highest BCUT2D eigenvalue weighted by Gasteiger charge is 2.40. The van der Waals surface area contributed by atoms with Crippen molar-refractivity contribution in [3.63, 3.8) is 0 Å². The molecule has 1 saturated carbocycles. The SMILES string of the molecule is O=C(O)CC1(NC(=O)NCC(=O)N2CCNCC2)CCC1. The van der Waals surface area contributed by atoms with Gasteiger partial charge in [-0.2, -0.15) is 0 Å². The fourth-order valence-corrected chi connectivity index (χ4v) is 2.71. The Balaban J connectivity index is 1.73. The average molecular weight is 298 g/mol. The van der Waals surface area contributed by atoms with Gasteiger partial charge in [0.05, 0.1) is 18.5 Å². The number of rotatable bonds is 5. The first-order valence-electron chi connectivity index (χ1n) is 7.27. The van der Waals surface area contributed by atoms with Crippen LogP contribution < -0.4 is 16.0 Å². The van der Waals surface area contributed by atoms with Crippen molar-refractivity contribution in [1.29, 1.82) is 0 Å². The van der Waals surface area contributed by atoms with Gasteiger partial charge < -0.3 is 26.0 Å². The summed E-state index contributed by atoms with van der Waals surface area (Å²) in [5, 5.41) is 17.3. The van der Waals surface area contributed by atoms with E-state index in [0.29, 0.717) is 25.9 Å². The second-order valence-corrected chi connectivity index (χ2v) is 5.64. The molecule has 4 N–H and O–H groups in total. The molecule has 0 unspecified atom stereocenters. The monoisotopic (exact) mass is 298 g/mol. The Labute approximate surface area is 123 Å². The number of aliphatic carboxylic acids is 1. The molecule has 1 aliphatic carbocycles. The Bertz CT molecular complexity index is 416. The van der Waals surface area contributed by atoms with E-state index < -0.39 is 17.5 Å². The lowest BCUT2D eigenvalue weighted by molar-refractivity contribution is -0.139. The first kappa shape index (κ1) is 15.6. The van der Waals surface area contributed by atoms with Gasteiger partial charge in [-0.15, -0.1) is 0 Å². The minimum Gasteiger partial charge on any atom is -0.481 e. The summed E-state index contributed by atoms with van der Waals surface area (Å²) in [7, 11) is 0. The van der Waals surface area contributed by atoms with Crippen LogP contribution in [0.15, 0.2) is 0 Å². The quantitative estimate of drug-likeness (QED) is 0.526. The summed E-state index contributed by atoms with van der Waals surface area (Å²) in [4.78, 5) is 36.2. The van der Waals surface area contributed by atoms with Crippen molar-refractivity contribution in [1.82, 2.24) is 20.9 Å². The first-order valence-corrected chi connectivity index (χ1v) is 7.27. The van der Waals surface area contributed by atoms with Gasteiger partial charge in [-0.3, -0.25) is 9.59 Å². The van der Waals surface area contributed by atoms with E-state index in [4.69, 9.17) is 5.11 Å². The van der Waals surface area contributed by atoms with Crippen molar-refractivity contribution in [3.05, 3.63) is 0 Å². The molecule has 1 aliphatic heterocycles. The Morgan fingerprint density at radius 2 is 1.86 bits per heavy atom. The van der Waals surface area contributed by atoms with Crippen molar-refractivity contribution in [2.75, 3.05) is 32.7 Å². The van der Waals surface area contributed by atoms with Gasteiger partial charge >= 0.3 is 12.0 Å². The second kappa shape index (κ2) is 6.75. The van der Waals surface area contributed by atoms with Crippen LogP contribution in [0.1, 0.15) is 25.7 Å². The highest BCUT2D eigenvalue weighted by atomic mass is 16.4. The number of carboxylic acids is 1. The normalized spacial score (nSPS) is 20.3. The second-order valence-electron chi connectivity index (χ2n) is 5.64. The highest BCUT2D eigenvalue weighted by molar-refractivity contribution is 5.84. The standard InChI is InChI=1S/C13H22N4O4/c18-10(17-6-4-14-5-7-17)9-15-12(21)16-13(2-1-3-13)8-11(19)20/h14H,1-9H2,(H,19,20)(H2,15,16,21). The van der Waals surface area contributed by atoms with Crippen LogP contribution in [0.25, 0.3) is 0 Å². The number of urea groups is 1. The Hall–Kier alpha value is -1.83. The lowest BCUT2D eigenvalue weighted by atomic mass is 9.74. The number of amides is 3. The van der Waals surface area contributed by atoms with Crippen LogP contribution in [0.4, 0.5) is 4.79 Å². The highest BCUT2D eigenvalue weighted by Crippen LogP contribution is 2.34. The molecular weight excluding hydrogens is 276 g/mol. The molecular formula is C13H22N4O4. The summed E-state index contributed by atoms with van der Waals surface area (Å²) in [6.45, 7) is 2.75. The Kier molecular flexibility index (Phi) is 5.00. The molecule has 2 rings (SSSR count). The minimum absolute atomic E-state index is 0.0605. The zero-order chi connectivity index (χ0) is 15.3. The number of piperazine rings is 1. The molecule has 21 heavy (non-hydrogen) atoms. The lowest BCUT2D eigenvalue weighted by Gasteiger charge is -2.41. The van der Waals surface area contributed by atoms with Gasteiger partial charge in [0.15, 0.2) is 0 Å². The predicted molar refractivity (Wildman–Crippen MR) is 74.8 cm³/mol. The molecule has 118 valence electrons. The molecule has 0 aromatic heterocycles. The maximum atomic E-state index is 11.9. The number of hydrogen-bond donors (Lipinski definition) is 4. The molecule has 0 spiro atoms. The number of carbonyl (C=O) groups excluding carboxylic acids is 2. The van der Waals surface area contributed by atoms with Gasteiger partial charge in [-0.05, 0) is 19.3 Å². The molecule has 3 amide bonds. The third-order valence-electron chi connectivity index (χ3n) is 4.05. The van der Waals surface area contributed by atoms with Crippen LogP contribution in [0, 0.1) is 0 Å². The molecule has 0 radical (unpaired) electrons. The molecule has 1 heterocycles. The summed E-state index contributed by atoms with van der Waals surface area (Å²) < 4.78 is 0. The van der Waals surface area contributed by atoms with Gasteiger partial charge in [0.2, 0.25) is 5.91 Å². The van der Waals surface area contributed by atoms with Crippen molar-refractivity contribution >= 4 is 17.9 Å². The number of hydrogen-bond acceptors (Lipinski definition) is 4. The molecule has 1 saturated heterocycles. The van der Waals surface area contributed by atoms with Crippen LogP contribution in [0.3, 0.4) is 0 Å². The van der Waals surface area contributed by atoms with Gasteiger partial charge in [0, 0.05) is 26.2 Å². The fourth-order valence-electron chi connectivity index (χ4n) is 2.71. The summed E-state index contributed by atoms with van der Waals surface area (Å²) in [6.07, 6.45) is 2.16. The van der Waals surface area contributed by atoms with E-state index in [0.717, 1.165) is 19.5 Å². The van der Waals surface area contributed by atoms with E-state index in [1.807, 2.05) is 0 Å². The van der Waals surface area contributed by atoms with E-state index >= 15 is 0 Å². The topological polar surface area (TPSA) is 111 Å². The van der Waals surface area contributed by atoms with E-state index in [2.05, 4.69) is 16.0 Å². The molecule has 2 fully saturated rings. The van der Waals surface area contributed by atoms with Gasteiger partial charge in [-0.1, -0.05) is 0 Å². The van der Waals surface area contributed by atoms with Crippen LogP contribution >= 0.6 is 0 Å². The van der Waals surface area contributed by atoms with Crippen molar-refractivity contribution in [2.24, 2.45) is 0 Å². The van der Waals surface area contributed by atoms with E-state index in [1.54, 1.807) is 4.90 Å². The Morgan fingerprint density at radius 3 is 2.38 bits per heavy atom. The summed E-state index contributed by atoms with van der Waals surface area (Å²) in [5.74, 6) is -1.04. The van der Waals surface area contributed by atoms with Gasteiger partial charge in [0.25, 0.3) is 0 Å². The third kappa shape index (κ3) is 4.32. The van der Waals surface area contributed by atoms with E-state index in [9.17, 15) is 14.4 Å². The number of carboxylic acid groups (broad SMARTS) is 1. The van der Waals surface area contributed by atoms with Crippen LogP contribution in [0.5, 0.6) is 0 Å². The molecule has 0 atom stereocenters. The third-order valence-corrected chi connectivity index (χ3v) is 4.05. The van der Waals surface area contributed by atoms with E-state index in [1.165, 1.54) is 0 Å². The molecule has 0 aromatic carbocycles. The van der Waals surface area contributed by atoms with Crippen LogP contribution in [0.2, 0.25) is 0 Å².